The summed E-state index contributed by atoms with van der Waals surface area (Å²) in [4.78, 5) is 11.1. The lowest BCUT2D eigenvalue weighted by molar-refractivity contribution is -0.125. The lowest BCUT2D eigenvalue weighted by Gasteiger charge is -2.02. The van der Waals surface area contributed by atoms with E-state index >= 15 is 0 Å². The third-order valence-electron chi connectivity index (χ3n) is 1.45. The van der Waals surface area contributed by atoms with Crippen LogP contribution >= 0.6 is 0 Å². The zero-order chi connectivity index (χ0) is 10.2. The number of hydrogen-bond acceptors (Lipinski definition) is 5. The summed E-state index contributed by atoms with van der Waals surface area (Å²) in [5.74, 6) is 0.409. The van der Waals surface area contributed by atoms with Crippen LogP contribution in [0.25, 0.3) is 0 Å². The van der Waals surface area contributed by atoms with Crippen molar-refractivity contribution in [1.82, 2.24) is 10.5 Å². The first-order valence-corrected chi connectivity index (χ1v) is 4.27. The third-order valence-corrected chi connectivity index (χ3v) is 1.45. The fourth-order valence-corrected chi connectivity index (χ4v) is 0.818. The molecule has 0 aliphatic rings. The molecule has 0 unspecified atom stereocenters. The highest BCUT2D eigenvalue weighted by atomic mass is 16.5. The Bertz CT molecular complexity index is 261. The van der Waals surface area contributed by atoms with Gasteiger partial charge in [0.05, 0.1) is 19.3 Å². The molecule has 0 radical (unpaired) electrons. The Morgan fingerprint density at radius 2 is 2.57 bits per heavy atom. The highest BCUT2D eigenvalue weighted by Crippen LogP contribution is 1.94. The van der Waals surface area contributed by atoms with Crippen molar-refractivity contribution in [2.24, 2.45) is 5.73 Å². The number of nitrogens with one attached hydrogen (secondary N) is 1. The van der Waals surface area contributed by atoms with Gasteiger partial charge in [-0.25, -0.2) is 0 Å². The minimum Gasteiger partial charge on any atom is -0.370 e. The zero-order valence-electron chi connectivity index (χ0n) is 7.73. The molecule has 1 amide bonds. The quantitative estimate of drug-likeness (QED) is 0.589. The first-order chi connectivity index (χ1) is 6.83. The maximum atomic E-state index is 11.1. The number of ether oxygens (including phenoxy) is 1. The Morgan fingerprint density at radius 1 is 1.71 bits per heavy atom. The summed E-state index contributed by atoms with van der Waals surface area (Å²) in [6.45, 7) is 1.14. The van der Waals surface area contributed by atoms with Crippen LogP contribution in [-0.4, -0.2) is 30.8 Å². The van der Waals surface area contributed by atoms with E-state index in [1.165, 1.54) is 6.20 Å². The fourth-order valence-electron chi connectivity index (χ4n) is 0.818. The summed E-state index contributed by atoms with van der Waals surface area (Å²) >= 11 is 0. The van der Waals surface area contributed by atoms with E-state index in [9.17, 15) is 4.79 Å². The minimum atomic E-state index is -0.199. The molecule has 6 nitrogen and oxygen atoms in total. The summed E-state index contributed by atoms with van der Waals surface area (Å²) in [5, 5.41) is 6.11. The maximum absolute atomic E-state index is 11.1. The molecule has 0 aliphatic carbocycles. The standard InChI is InChI=1S/C8H13N3O3/c9-2-4-13-6-8(12)10-5-7-1-3-11-14-7/h1,3H,2,4-6,9H2,(H,10,12). The molecule has 78 valence electrons. The smallest absolute Gasteiger partial charge is 0.246 e. The normalized spacial score (nSPS) is 10.1. The molecule has 1 heterocycles. The molecule has 0 aliphatic heterocycles. The molecule has 1 aromatic heterocycles. The van der Waals surface area contributed by atoms with Gasteiger partial charge in [0.25, 0.3) is 0 Å². The number of aromatic nitrogens is 1. The van der Waals surface area contributed by atoms with Gasteiger partial charge < -0.3 is 20.3 Å². The topological polar surface area (TPSA) is 90.4 Å². The SMILES string of the molecule is NCCOCC(=O)NCc1ccno1. The molecule has 0 atom stereocenters. The molecule has 3 N–H and O–H groups in total. The van der Waals surface area contributed by atoms with Crippen LogP contribution in [0.2, 0.25) is 0 Å². The number of carbonyl (C=O) groups is 1. The number of nitrogens with two attached hydrogens (primary N) is 1. The molecule has 0 spiro atoms. The summed E-state index contributed by atoms with van der Waals surface area (Å²) < 4.78 is 9.72. The van der Waals surface area contributed by atoms with Crippen molar-refractivity contribution in [3.8, 4) is 0 Å². The molecular formula is C8H13N3O3. The highest BCUT2D eigenvalue weighted by Gasteiger charge is 2.02. The second kappa shape index (κ2) is 6.11. The zero-order valence-corrected chi connectivity index (χ0v) is 7.73. The van der Waals surface area contributed by atoms with E-state index in [1.807, 2.05) is 0 Å². The van der Waals surface area contributed by atoms with E-state index in [2.05, 4.69) is 10.5 Å². The van der Waals surface area contributed by atoms with Crippen LogP contribution in [0.3, 0.4) is 0 Å². The lowest BCUT2D eigenvalue weighted by Crippen LogP contribution is -2.27. The Labute approximate surface area is 81.4 Å². The first-order valence-electron chi connectivity index (χ1n) is 4.27. The number of nitrogens with zero attached hydrogens (tertiary/aromatic N) is 1. The molecule has 0 aromatic carbocycles. The van der Waals surface area contributed by atoms with Crippen LogP contribution in [0.4, 0.5) is 0 Å². The Morgan fingerprint density at radius 3 is 3.21 bits per heavy atom. The Kier molecular flexibility index (Phi) is 4.66. The van der Waals surface area contributed by atoms with Gasteiger partial charge >= 0.3 is 0 Å². The van der Waals surface area contributed by atoms with Gasteiger partial charge in [-0.1, -0.05) is 5.16 Å². The average molecular weight is 199 g/mol. The molecular weight excluding hydrogens is 186 g/mol. The van der Waals surface area contributed by atoms with Crippen molar-refractivity contribution < 1.29 is 14.1 Å². The fraction of sp³-hybridized carbons (Fsp3) is 0.500. The minimum absolute atomic E-state index is 0.0192. The van der Waals surface area contributed by atoms with Crippen LogP contribution in [0.5, 0.6) is 0 Å². The van der Waals surface area contributed by atoms with Crippen LogP contribution in [0, 0.1) is 0 Å². The summed E-state index contributed by atoms with van der Waals surface area (Å²) in [6, 6.07) is 1.68. The van der Waals surface area contributed by atoms with Crippen molar-refractivity contribution in [2.75, 3.05) is 19.8 Å². The monoisotopic (exact) mass is 199 g/mol. The van der Waals surface area contributed by atoms with E-state index in [1.54, 1.807) is 6.07 Å². The van der Waals surface area contributed by atoms with Gasteiger partial charge in [0, 0.05) is 12.6 Å². The first kappa shape index (κ1) is 10.7. The number of rotatable bonds is 6. The van der Waals surface area contributed by atoms with Crippen molar-refractivity contribution in [2.45, 2.75) is 6.54 Å². The van der Waals surface area contributed by atoms with E-state index in [4.69, 9.17) is 15.0 Å². The van der Waals surface area contributed by atoms with Crippen molar-refractivity contribution in [1.29, 1.82) is 0 Å². The van der Waals surface area contributed by atoms with Crippen molar-refractivity contribution in [3.05, 3.63) is 18.0 Å². The van der Waals surface area contributed by atoms with Crippen molar-refractivity contribution >= 4 is 5.91 Å². The number of hydrogen-bond donors (Lipinski definition) is 2. The molecule has 0 bridgehead atoms. The van der Waals surface area contributed by atoms with Crippen LogP contribution in [0.15, 0.2) is 16.8 Å². The average Bonchev–Trinajstić information content (AvgIpc) is 2.68. The predicted molar refractivity (Wildman–Crippen MR) is 48.2 cm³/mol. The molecule has 0 fully saturated rings. The molecule has 1 rings (SSSR count). The molecule has 14 heavy (non-hydrogen) atoms. The van der Waals surface area contributed by atoms with Crippen molar-refractivity contribution in [3.63, 3.8) is 0 Å². The molecule has 0 saturated heterocycles. The largest absolute Gasteiger partial charge is 0.370 e. The third kappa shape index (κ3) is 4.01. The summed E-state index contributed by atoms with van der Waals surface area (Å²) in [7, 11) is 0. The second-order valence-electron chi connectivity index (χ2n) is 2.60. The van der Waals surface area contributed by atoms with Gasteiger partial charge in [-0.2, -0.15) is 0 Å². The summed E-state index contributed by atoms with van der Waals surface area (Å²) in [5.41, 5.74) is 5.19. The van der Waals surface area contributed by atoms with Crippen LogP contribution in [0.1, 0.15) is 5.76 Å². The van der Waals surface area contributed by atoms with Gasteiger partial charge in [-0.3, -0.25) is 4.79 Å². The lowest BCUT2D eigenvalue weighted by atomic mass is 10.4. The molecule has 1 aromatic rings. The van der Waals surface area contributed by atoms with E-state index in [0.717, 1.165) is 0 Å². The molecule has 0 saturated carbocycles. The maximum Gasteiger partial charge on any atom is 0.246 e. The van der Waals surface area contributed by atoms with Gasteiger partial charge in [0.15, 0.2) is 5.76 Å². The van der Waals surface area contributed by atoms with Gasteiger partial charge in [-0.05, 0) is 0 Å². The van der Waals surface area contributed by atoms with Crippen LogP contribution < -0.4 is 11.1 Å². The van der Waals surface area contributed by atoms with Gasteiger partial charge in [-0.15, -0.1) is 0 Å². The number of carbonyl (C=O) groups excluding carboxylic acids is 1. The summed E-state index contributed by atoms with van der Waals surface area (Å²) in [6.07, 6.45) is 1.52. The second-order valence-corrected chi connectivity index (χ2v) is 2.60. The van der Waals surface area contributed by atoms with E-state index < -0.39 is 0 Å². The Balaban J connectivity index is 2.09. The highest BCUT2D eigenvalue weighted by molar-refractivity contribution is 5.77. The van der Waals surface area contributed by atoms with Gasteiger partial charge in [0.1, 0.15) is 6.61 Å². The van der Waals surface area contributed by atoms with Crippen LogP contribution in [-0.2, 0) is 16.1 Å². The molecule has 6 heteroatoms. The van der Waals surface area contributed by atoms with E-state index in [-0.39, 0.29) is 12.5 Å². The number of amides is 1. The Hall–Kier alpha value is -1.40. The predicted octanol–water partition coefficient (Wildman–Crippen LogP) is -0.734. The van der Waals surface area contributed by atoms with Gasteiger partial charge in [0.2, 0.25) is 5.91 Å². The van der Waals surface area contributed by atoms with E-state index in [0.29, 0.717) is 25.5 Å².